The number of aromatic amines is 1. The summed E-state index contributed by atoms with van der Waals surface area (Å²) < 4.78 is 4.88. The van der Waals surface area contributed by atoms with Crippen LogP contribution in [-0.2, 0) is 16.0 Å². The van der Waals surface area contributed by atoms with Crippen molar-refractivity contribution in [2.75, 3.05) is 46.9 Å². The number of carbonyl (C=O) groups excluding carboxylic acids is 3. The molecule has 0 bridgehead atoms. The van der Waals surface area contributed by atoms with Crippen molar-refractivity contribution in [2.45, 2.75) is 26.3 Å². The molecule has 32 heavy (non-hydrogen) atoms. The Kier molecular flexibility index (Phi) is 7.82. The van der Waals surface area contributed by atoms with Gasteiger partial charge in [0.05, 0.1) is 30.8 Å². The molecule has 1 aliphatic heterocycles. The van der Waals surface area contributed by atoms with Gasteiger partial charge in [-0.3, -0.25) is 14.5 Å². The number of piperazine rings is 1. The molecule has 8 nitrogen and oxygen atoms in total. The Morgan fingerprint density at radius 1 is 1.12 bits per heavy atom. The van der Waals surface area contributed by atoms with E-state index in [1.165, 1.54) is 14.0 Å². The summed E-state index contributed by atoms with van der Waals surface area (Å²) in [6.45, 7) is 7.68. The van der Waals surface area contributed by atoms with Gasteiger partial charge in [0.15, 0.2) is 5.78 Å². The van der Waals surface area contributed by atoms with Crippen molar-refractivity contribution >= 4 is 17.7 Å². The van der Waals surface area contributed by atoms with E-state index in [9.17, 15) is 14.4 Å². The van der Waals surface area contributed by atoms with Crippen LogP contribution in [0.2, 0.25) is 0 Å². The molecule has 0 saturated carbocycles. The molecule has 1 amide bonds. The highest BCUT2D eigenvalue weighted by atomic mass is 16.5. The monoisotopic (exact) mass is 440 g/mol. The Morgan fingerprint density at radius 3 is 2.38 bits per heavy atom. The van der Waals surface area contributed by atoms with Crippen LogP contribution in [0.15, 0.2) is 30.3 Å². The number of amides is 1. The number of hydrogen-bond donors (Lipinski definition) is 2. The Morgan fingerprint density at radius 2 is 1.78 bits per heavy atom. The quantitative estimate of drug-likeness (QED) is 0.481. The zero-order chi connectivity index (χ0) is 23.3. The second kappa shape index (κ2) is 10.6. The molecule has 8 heteroatoms. The highest BCUT2D eigenvalue weighted by molar-refractivity contribution is 6.01. The van der Waals surface area contributed by atoms with Crippen LogP contribution in [-0.4, -0.2) is 79.3 Å². The van der Waals surface area contributed by atoms with Crippen molar-refractivity contribution in [1.82, 2.24) is 20.1 Å². The van der Waals surface area contributed by atoms with E-state index >= 15 is 0 Å². The number of hydrogen-bond acceptors (Lipinski definition) is 6. The van der Waals surface area contributed by atoms with E-state index in [1.807, 2.05) is 30.3 Å². The van der Waals surface area contributed by atoms with Gasteiger partial charge in [0.25, 0.3) is 0 Å². The topological polar surface area (TPSA) is 94.7 Å². The molecule has 1 aromatic carbocycles. The molecule has 1 saturated heterocycles. The standard InChI is InChI=1S/C24H32N4O4/c1-16-22(24(31)32-4)19(26-23(16)17(2)29)14-21(30)25-20(18-8-6-5-7-9-18)15-28-12-10-27(3)11-13-28/h5-9,20,26H,10-15H2,1-4H3,(H,25,30). The summed E-state index contributed by atoms with van der Waals surface area (Å²) in [6, 6.07) is 9.70. The summed E-state index contributed by atoms with van der Waals surface area (Å²) in [5.41, 5.74) is 2.50. The van der Waals surface area contributed by atoms with Gasteiger partial charge in [-0.05, 0) is 25.1 Å². The summed E-state index contributed by atoms with van der Waals surface area (Å²) in [4.78, 5) is 44.9. The predicted octanol–water partition coefficient (Wildman–Crippen LogP) is 1.96. The average Bonchev–Trinajstić information content (AvgIpc) is 3.10. The number of methoxy groups -OCH3 is 1. The normalized spacial score (nSPS) is 15.9. The van der Waals surface area contributed by atoms with Crippen LogP contribution in [0, 0.1) is 6.92 Å². The number of benzene rings is 1. The van der Waals surface area contributed by atoms with Crippen LogP contribution >= 0.6 is 0 Å². The van der Waals surface area contributed by atoms with Gasteiger partial charge in [0.2, 0.25) is 5.91 Å². The molecule has 1 aromatic heterocycles. The summed E-state index contributed by atoms with van der Waals surface area (Å²) in [7, 11) is 3.40. The van der Waals surface area contributed by atoms with Gasteiger partial charge in [0.1, 0.15) is 0 Å². The van der Waals surface area contributed by atoms with Gasteiger partial charge in [-0.2, -0.15) is 0 Å². The van der Waals surface area contributed by atoms with Gasteiger partial charge in [-0.15, -0.1) is 0 Å². The van der Waals surface area contributed by atoms with Crippen LogP contribution in [0.3, 0.4) is 0 Å². The maximum atomic E-state index is 13.0. The fraction of sp³-hybridized carbons (Fsp3) is 0.458. The number of likely N-dealkylation sites (N-methyl/N-ethyl adjacent to an activating group) is 1. The highest BCUT2D eigenvalue weighted by Gasteiger charge is 2.26. The van der Waals surface area contributed by atoms with Gasteiger partial charge in [-0.1, -0.05) is 30.3 Å². The smallest absolute Gasteiger partial charge is 0.339 e. The Bertz CT molecular complexity index is 962. The van der Waals surface area contributed by atoms with E-state index < -0.39 is 5.97 Å². The number of ether oxygens (including phenoxy) is 1. The first kappa shape index (κ1) is 23.7. The summed E-state index contributed by atoms with van der Waals surface area (Å²) >= 11 is 0. The minimum absolute atomic E-state index is 0.0510. The number of nitrogens with one attached hydrogen (secondary N) is 2. The minimum atomic E-state index is -0.564. The second-order valence-corrected chi connectivity index (χ2v) is 8.34. The lowest BCUT2D eigenvalue weighted by Gasteiger charge is -2.35. The fourth-order valence-electron chi connectivity index (χ4n) is 4.14. The Labute approximate surface area is 188 Å². The first-order chi connectivity index (χ1) is 15.3. The SMILES string of the molecule is COC(=O)c1c(CC(=O)NC(CN2CCN(C)CC2)c2ccccc2)[nH]c(C(C)=O)c1C. The number of aromatic nitrogens is 1. The van der Waals surface area contributed by atoms with Crippen molar-refractivity contribution in [3.8, 4) is 0 Å². The zero-order valence-corrected chi connectivity index (χ0v) is 19.2. The zero-order valence-electron chi connectivity index (χ0n) is 19.2. The van der Waals surface area contributed by atoms with Gasteiger partial charge in [-0.25, -0.2) is 4.79 Å². The van der Waals surface area contributed by atoms with E-state index in [-0.39, 0.29) is 29.7 Å². The molecule has 0 aliphatic carbocycles. The maximum absolute atomic E-state index is 13.0. The van der Waals surface area contributed by atoms with Crippen LogP contribution < -0.4 is 5.32 Å². The van der Waals surface area contributed by atoms with E-state index in [4.69, 9.17) is 4.74 Å². The van der Waals surface area contributed by atoms with E-state index in [1.54, 1.807) is 6.92 Å². The van der Waals surface area contributed by atoms with Gasteiger partial charge in [0, 0.05) is 45.3 Å². The van der Waals surface area contributed by atoms with Crippen LogP contribution in [0.25, 0.3) is 0 Å². The summed E-state index contributed by atoms with van der Waals surface area (Å²) in [5, 5.41) is 3.13. The van der Waals surface area contributed by atoms with Crippen molar-refractivity contribution in [3.63, 3.8) is 0 Å². The molecule has 1 aliphatic rings. The molecule has 0 radical (unpaired) electrons. The molecule has 1 fully saturated rings. The van der Waals surface area contributed by atoms with Gasteiger partial charge < -0.3 is 19.9 Å². The number of H-pyrrole nitrogens is 1. The molecule has 2 heterocycles. The van der Waals surface area contributed by atoms with E-state index in [2.05, 4.69) is 27.1 Å². The fourth-order valence-corrected chi connectivity index (χ4v) is 4.14. The summed E-state index contributed by atoms with van der Waals surface area (Å²) in [6.07, 6.45) is -0.0510. The first-order valence-electron chi connectivity index (χ1n) is 10.9. The van der Waals surface area contributed by atoms with E-state index in [0.717, 1.165) is 31.7 Å². The lowest BCUT2D eigenvalue weighted by atomic mass is 10.0. The van der Waals surface area contributed by atoms with Crippen molar-refractivity contribution in [3.05, 3.63) is 58.4 Å². The number of Topliss-reactive ketones (excluding diaryl/α,β-unsaturated/α-hetero) is 1. The molecule has 0 spiro atoms. The largest absolute Gasteiger partial charge is 0.465 e. The number of carbonyl (C=O) groups is 3. The molecule has 172 valence electrons. The average molecular weight is 441 g/mol. The maximum Gasteiger partial charge on any atom is 0.339 e. The lowest BCUT2D eigenvalue weighted by molar-refractivity contribution is -0.121. The Hall–Kier alpha value is -2.97. The number of esters is 1. The van der Waals surface area contributed by atoms with Crippen molar-refractivity contribution in [2.24, 2.45) is 0 Å². The number of ketones is 1. The van der Waals surface area contributed by atoms with Crippen molar-refractivity contribution in [1.29, 1.82) is 0 Å². The number of nitrogens with zero attached hydrogens (tertiary/aromatic N) is 2. The lowest BCUT2D eigenvalue weighted by Crippen LogP contribution is -2.48. The van der Waals surface area contributed by atoms with E-state index in [0.29, 0.717) is 23.5 Å². The number of rotatable bonds is 8. The molecule has 3 rings (SSSR count). The molecular formula is C24H32N4O4. The third-order valence-corrected chi connectivity index (χ3v) is 5.98. The highest BCUT2D eigenvalue weighted by Crippen LogP contribution is 2.22. The molecule has 2 aromatic rings. The van der Waals surface area contributed by atoms with Crippen LogP contribution in [0.5, 0.6) is 0 Å². The third kappa shape index (κ3) is 5.63. The predicted molar refractivity (Wildman–Crippen MR) is 122 cm³/mol. The second-order valence-electron chi connectivity index (χ2n) is 8.34. The summed E-state index contributed by atoms with van der Waals surface area (Å²) in [5.74, 6) is -0.989. The Balaban J connectivity index is 1.79. The molecule has 1 atom stereocenters. The van der Waals surface area contributed by atoms with Gasteiger partial charge >= 0.3 is 5.97 Å². The molecule has 1 unspecified atom stereocenters. The molecule has 2 N–H and O–H groups in total. The van der Waals surface area contributed by atoms with Crippen molar-refractivity contribution < 1.29 is 19.1 Å². The first-order valence-corrected chi connectivity index (χ1v) is 10.9. The molecular weight excluding hydrogens is 408 g/mol. The van der Waals surface area contributed by atoms with Crippen LogP contribution in [0.4, 0.5) is 0 Å². The third-order valence-electron chi connectivity index (χ3n) is 5.98. The minimum Gasteiger partial charge on any atom is -0.465 e. The van der Waals surface area contributed by atoms with Crippen LogP contribution in [0.1, 0.15) is 50.6 Å².